The molecule has 0 saturated heterocycles. The number of rotatable bonds is 5. The summed E-state index contributed by atoms with van der Waals surface area (Å²) in [5, 5.41) is 9.43. The van der Waals surface area contributed by atoms with Crippen molar-refractivity contribution in [2.75, 3.05) is 20.0 Å². The molecule has 5 rings (SSSR count). The molecule has 0 fully saturated rings. The summed E-state index contributed by atoms with van der Waals surface area (Å²) in [6.07, 6.45) is 3.10. The lowest BCUT2D eigenvalue weighted by Gasteiger charge is -2.29. The highest BCUT2D eigenvalue weighted by molar-refractivity contribution is 5.93. The molecule has 1 aromatic carbocycles. The number of nitrogens with zero attached hydrogens (tertiary/aromatic N) is 6. The van der Waals surface area contributed by atoms with Crippen LogP contribution >= 0.6 is 0 Å². The second-order valence-corrected chi connectivity index (χ2v) is 7.18. The van der Waals surface area contributed by atoms with Crippen LogP contribution in [0.5, 0.6) is 5.75 Å². The van der Waals surface area contributed by atoms with Crippen LogP contribution in [0.4, 0.5) is 5.95 Å². The number of carbonyl (C=O) groups excluding carboxylic acids is 1. The molecule has 162 valence electrons. The minimum absolute atomic E-state index is 0.0757. The van der Waals surface area contributed by atoms with E-state index in [-0.39, 0.29) is 5.95 Å². The summed E-state index contributed by atoms with van der Waals surface area (Å²) in [4.78, 5) is 22.1. The summed E-state index contributed by atoms with van der Waals surface area (Å²) < 4.78 is 18.9. The number of para-hydroxylation sites is 1. The first-order valence-electron chi connectivity index (χ1n) is 9.65. The van der Waals surface area contributed by atoms with Gasteiger partial charge in [0.15, 0.2) is 22.6 Å². The van der Waals surface area contributed by atoms with Crippen molar-refractivity contribution in [3.8, 4) is 17.3 Å². The molecule has 0 saturated carbocycles. The third-order valence-corrected chi connectivity index (χ3v) is 5.41. The zero-order chi connectivity index (χ0) is 22.5. The van der Waals surface area contributed by atoms with Gasteiger partial charge in [-0.2, -0.15) is 14.6 Å². The molecule has 4 heterocycles. The molecule has 0 aliphatic heterocycles. The molecule has 32 heavy (non-hydrogen) atoms. The number of fused-ring (bicyclic) bond motifs is 3. The van der Waals surface area contributed by atoms with Gasteiger partial charge in [-0.05, 0) is 25.1 Å². The van der Waals surface area contributed by atoms with Crippen LogP contribution in [0.25, 0.3) is 28.3 Å². The Morgan fingerprint density at radius 1 is 1.12 bits per heavy atom. The Morgan fingerprint density at radius 3 is 2.66 bits per heavy atom. The van der Waals surface area contributed by atoms with E-state index >= 15 is 0 Å². The number of aromatic nitrogens is 6. The highest BCUT2D eigenvalue weighted by atomic mass is 16.5. The number of esters is 1. The van der Waals surface area contributed by atoms with Gasteiger partial charge in [0, 0.05) is 5.56 Å². The van der Waals surface area contributed by atoms with E-state index in [4.69, 9.17) is 19.6 Å². The molecule has 11 nitrogen and oxygen atoms in total. The fraction of sp³-hybridized carbons (Fsp3) is 0.190. The highest BCUT2D eigenvalue weighted by Gasteiger charge is 2.43. The molecule has 0 bridgehead atoms. The van der Waals surface area contributed by atoms with E-state index in [0.717, 1.165) is 0 Å². The number of benzene rings is 1. The van der Waals surface area contributed by atoms with Crippen LogP contribution in [0, 0.1) is 0 Å². The van der Waals surface area contributed by atoms with Gasteiger partial charge in [-0.3, -0.25) is 0 Å². The largest absolute Gasteiger partial charge is 0.496 e. The molecular formula is C21H19N7O4. The molecule has 2 N–H and O–H groups in total. The molecule has 5 aromatic rings. The van der Waals surface area contributed by atoms with Crippen molar-refractivity contribution in [2.24, 2.45) is 0 Å². The first-order chi connectivity index (χ1) is 15.5. The molecule has 0 radical (unpaired) electrons. The van der Waals surface area contributed by atoms with Crippen molar-refractivity contribution >= 4 is 28.6 Å². The standard InChI is InChI=1S/C21H19N7O4/c1-21(19(29)31-3,13-7-4-5-8-14(13)30-2)28-18-12(11-23-28)17-24-16(15-9-6-10-32-15)26-27(17)20(22)25-18/h4-11H,1-3H3,(H2,22,25). The van der Waals surface area contributed by atoms with Crippen molar-refractivity contribution in [2.45, 2.75) is 12.5 Å². The summed E-state index contributed by atoms with van der Waals surface area (Å²) >= 11 is 0. The second-order valence-electron chi connectivity index (χ2n) is 7.18. The van der Waals surface area contributed by atoms with Crippen LogP contribution < -0.4 is 10.5 Å². The zero-order valence-electron chi connectivity index (χ0n) is 17.5. The lowest BCUT2D eigenvalue weighted by molar-refractivity contribution is -0.148. The molecule has 11 heteroatoms. The molecule has 0 spiro atoms. The van der Waals surface area contributed by atoms with E-state index < -0.39 is 11.5 Å². The molecule has 0 aliphatic rings. The number of ether oxygens (including phenoxy) is 2. The number of methoxy groups -OCH3 is 2. The maximum absolute atomic E-state index is 13.1. The van der Waals surface area contributed by atoms with E-state index in [9.17, 15) is 4.79 Å². The molecule has 1 atom stereocenters. The SMILES string of the molecule is COC(=O)C(C)(c1ccccc1OC)n1ncc2c1nc(N)n1nc(-c3ccco3)nc21. The predicted molar refractivity (Wildman–Crippen MR) is 114 cm³/mol. The van der Waals surface area contributed by atoms with Gasteiger partial charge in [0.1, 0.15) is 5.75 Å². The summed E-state index contributed by atoms with van der Waals surface area (Å²) in [6.45, 7) is 1.68. The van der Waals surface area contributed by atoms with Crippen LogP contribution in [-0.2, 0) is 15.1 Å². The topological polar surface area (TPSA) is 136 Å². The van der Waals surface area contributed by atoms with Crippen molar-refractivity contribution < 1.29 is 18.7 Å². The van der Waals surface area contributed by atoms with Crippen LogP contribution in [0.3, 0.4) is 0 Å². The quantitative estimate of drug-likeness (QED) is 0.414. The molecule has 4 aromatic heterocycles. The smallest absolute Gasteiger partial charge is 0.338 e. The van der Waals surface area contributed by atoms with E-state index in [1.165, 1.54) is 29.7 Å². The number of carbonyl (C=O) groups is 1. The molecular weight excluding hydrogens is 414 g/mol. The summed E-state index contributed by atoms with van der Waals surface area (Å²) in [7, 11) is 2.85. The number of anilines is 1. The Balaban J connectivity index is 1.80. The van der Waals surface area contributed by atoms with E-state index in [1.54, 1.807) is 43.5 Å². The number of hydrogen-bond donors (Lipinski definition) is 1. The van der Waals surface area contributed by atoms with Crippen LogP contribution in [0.1, 0.15) is 12.5 Å². The van der Waals surface area contributed by atoms with Crippen LogP contribution in [-0.4, -0.2) is 49.6 Å². The highest BCUT2D eigenvalue weighted by Crippen LogP contribution is 2.36. The Hall–Kier alpha value is -4.41. The molecule has 1 unspecified atom stereocenters. The fourth-order valence-electron chi connectivity index (χ4n) is 3.80. The Bertz CT molecular complexity index is 1450. The van der Waals surface area contributed by atoms with Gasteiger partial charge >= 0.3 is 5.97 Å². The number of furan rings is 1. The maximum Gasteiger partial charge on any atom is 0.338 e. The molecule has 0 amide bonds. The third kappa shape index (κ3) is 2.64. The van der Waals surface area contributed by atoms with Gasteiger partial charge in [0.2, 0.25) is 11.8 Å². The van der Waals surface area contributed by atoms with Crippen molar-refractivity contribution in [1.82, 2.24) is 29.4 Å². The summed E-state index contributed by atoms with van der Waals surface area (Å²) in [5.74, 6) is 0.865. The van der Waals surface area contributed by atoms with Gasteiger partial charge in [-0.1, -0.05) is 18.2 Å². The average Bonchev–Trinajstić information content (AvgIpc) is 3.57. The van der Waals surface area contributed by atoms with Crippen molar-refractivity contribution in [1.29, 1.82) is 0 Å². The Labute approximate surface area is 181 Å². The van der Waals surface area contributed by atoms with Gasteiger partial charge in [-0.25, -0.2) is 14.5 Å². The van der Waals surface area contributed by atoms with Crippen molar-refractivity contribution in [3.63, 3.8) is 0 Å². The monoisotopic (exact) mass is 433 g/mol. The number of nitrogen functional groups attached to an aromatic ring is 1. The van der Waals surface area contributed by atoms with Gasteiger partial charge in [0.25, 0.3) is 0 Å². The summed E-state index contributed by atoms with van der Waals surface area (Å²) in [6, 6.07) is 10.6. The predicted octanol–water partition coefficient (Wildman–Crippen LogP) is 2.26. The normalized spacial score (nSPS) is 13.3. The Kier molecular flexibility index (Phi) is 4.33. The summed E-state index contributed by atoms with van der Waals surface area (Å²) in [5.41, 5.74) is 6.12. The van der Waals surface area contributed by atoms with Gasteiger partial charge in [0.05, 0.1) is 32.1 Å². The fourth-order valence-corrected chi connectivity index (χ4v) is 3.80. The Morgan fingerprint density at radius 2 is 1.94 bits per heavy atom. The third-order valence-electron chi connectivity index (χ3n) is 5.41. The maximum atomic E-state index is 13.1. The first-order valence-corrected chi connectivity index (χ1v) is 9.65. The van der Waals surface area contributed by atoms with Gasteiger partial charge < -0.3 is 19.6 Å². The van der Waals surface area contributed by atoms with Crippen molar-refractivity contribution in [3.05, 3.63) is 54.4 Å². The zero-order valence-corrected chi connectivity index (χ0v) is 17.5. The second kappa shape index (κ2) is 7.08. The van der Waals surface area contributed by atoms with E-state index in [1.807, 2.05) is 6.07 Å². The lowest BCUT2D eigenvalue weighted by Crippen LogP contribution is -2.42. The van der Waals surface area contributed by atoms with E-state index in [0.29, 0.717) is 39.6 Å². The minimum Gasteiger partial charge on any atom is -0.496 e. The first kappa shape index (κ1) is 19.5. The lowest BCUT2D eigenvalue weighted by atomic mass is 9.91. The number of hydrogen-bond acceptors (Lipinski definition) is 9. The van der Waals surface area contributed by atoms with Crippen LogP contribution in [0.15, 0.2) is 53.3 Å². The molecule has 0 aliphatic carbocycles. The van der Waals surface area contributed by atoms with E-state index in [2.05, 4.69) is 20.2 Å². The average molecular weight is 433 g/mol. The van der Waals surface area contributed by atoms with Crippen LogP contribution in [0.2, 0.25) is 0 Å². The van der Waals surface area contributed by atoms with Gasteiger partial charge in [-0.15, -0.1) is 5.10 Å². The minimum atomic E-state index is -1.40. The number of nitrogens with two attached hydrogens (primary N) is 1.